The van der Waals surface area contributed by atoms with Crippen LogP contribution >= 0.6 is 23.2 Å². The number of nitrogens with one attached hydrogen (secondary N) is 1. The van der Waals surface area contributed by atoms with E-state index < -0.39 is 10.0 Å². The third-order valence-electron chi connectivity index (χ3n) is 2.33. The van der Waals surface area contributed by atoms with Crippen molar-refractivity contribution in [3.05, 3.63) is 52.1 Å². The average Bonchev–Trinajstić information content (AvgIpc) is 2.32. The zero-order valence-electron chi connectivity index (χ0n) is 9.89. The lowest BCUT2D eigenvalue weighted by molar-refractivity contribution is 0.601. The molecule has 0 aliphatic heterocycles. The average molecular weight is 317 g/mol. The van der Waals surface area contributed by atoms with Crippen LogP contribution in [0.25, 0.3) is 0 Å². The molecule has 0 unspecified atom stereocenters. The standard InChI is InChI=1S/C12H10Cl2N2O2S/c1-8-3-2-4-12(15-8)16-19(17,18)9-5-6-10(13)11(14)7-9/h2-7H,1H3,(H,15,16). The number of anilines is 1. The molecule has 4 nitrogen and oxygen atoms in total. The molecule has 0 bridgehead atoms. The minimum absolute atomic E-state index is 0.0326. The summed E-state index contributed by atoms with van der Waals surface area (Å²) in [6.07, 6.45) is 0. The van der Waals surface area contributed by atoms with E-state index in [1.807, 2.05) is 0 Å². The number of rotatable bonds is 3. The van der Waals surface area contributed by atoms with E-state index in [-0.39, 0.29) is 15.7 Å². The smallest absolute Gasteiger partial charge is 0.263 e. The summed E-state index contributed by atoms with van der Waals surface area (Å²) in [4.78, 5) is 4.11. The summed E-state index contributed by atoms with van der Waals surface area (Å²) < 4.78 is 26.6. The van der Waals surface area contributed by atoms with Gasteiger partial charge >= 0.3 is 0 Å². The van der Waals surface area contributed by atoms with Crippen LogP contribution in [0.2, 0.25) is 10.0 Å². The van der Waals surface area contributed by atoms with E-state index in [1.54, 1.807) is 25.1 Å². The van der Waals surface area contributed by atoms with Crippen LogP contribution in [0.3, 0.4) is 0 Å². The van der Waals surface area contributed by atoms with Gasteiger partial charge in [0.1, 0.15) is 5.82 Å². The van der Waals surface area contributed by atoms with Gasteiger partial charge < -0.3 is 0 Å². The Bertz CT molecular complexity index is 717. The van der Waals surface area contributed by atoms with Gasteiger partial charge in [-0.05, 0) is 37.3 Å². The van der Waals surface area contributed by atoms with Crippen LogP contribution in [0, 0.1) is 6.92 Å². The fourth-order valence-corrected chi connectivity index (χ4v) is 2.83. The largest absolute Gasteiger partial charge is 0.263 e. The van der Waals surface area contributed by atoms with Gasteiger partial charge in [0.2, 0.25) is 0 Å². The first kappa shape index (κ1) is 14.1. The lowest BCUT2D eigenvalue weighted by Crippen LogP contribution is -2.14. The molecule has 0 fully saturated rings. The van der Waals surface area contributed by atoms with E-state index in [1.165, 1.54) is 18.2 Å². The predicted octanol–water partition coefficient (Wildman–Crippen LogP) is 3.50. The first-order valence-corrected chi connectivity index (χ1v) is 7.54. The van der Waals surface area contributed by atoms with E-state index in [4.69, 9.17) is 23.2 Å². The van der Waals surface area contributed by atoms with Gasteiger partial charge in [-0.2, -0.15) is 0 Å². The molecule has 0 radical (unpaired) electrons. The molecule has 2 rings (SSSR count). The summed E-state index contributed by atoms with van der Waals surface area (Å²) in [5.74, 6) is 0.256. The van der Waals surface area contributed by atoms with Crippen LogP contribution in [-0.4, -0.2) is 13.4 Å². The Morgan fingerprint density at radius 3 is 2.47 bits per heavy atom. The van der Waals surface area contributed by atoms with E-state index in [2.05, 4.69) is 9.71 Å². The lowest BCUT2D eigenvalue weighted by Gasteiger charge is -2.08. The summed E-state index contributed by atoms with van der Waals surface area (Å²) >= 11 is 11.6. The number of hydrogen-bond donors (Lipinski definition) is 1. The van der Waals surface area contributed by atoms with Crippen molar-refractivity contribution < 1.29 is 8.42 Å². The van der Waals surface area contributed by atoms with Crippen molar-refractivity contribution in [3.63, 3.8) is 0 Å². The highest BCUT2D eigenvalue weighted by atomic mass is 35.5. The van der Waals surface area contributed by atoms with Crippen LogP contribution in [0.4, 0.5) is 5.82 Å². The molecule has 0 aliphatic rings. The van der Waals surface area contributed by atoms with Gasteiger partial charge in [0, 0.05) is 5.69 Å². The van der Waals surface area contributed by atoms with Gasteiger partial charge in [-0.1, -0.05) is 29.3 Å². The van der Waals surface area contributed by atoms with E-state index in [0.717, 1.165) is 0 Å². The zero-order valence-corrected chi connectivity index (χ0v) is 12.2. The number of nitrogens with zero attached hydrogens (tertiary/aromatic N) is 1. The second kappa shape index (κ2) is 5.36. The first-order chi connectivity index (χ1) is 8.88. The van der Waals surface area contributed by atoms with Crippen LogP contribution in [0.1, 0.15) is 5.69 Å². The Morgan fingerprint density at radius 2 is 1.84 bits per heavy atom. The molecule has 0 saturated carbocycles. The Kier molecular flexibility index (Phi) is 3.99. The van der Waals surface area contributed by atoms with E-state index in [0.29, 0.717) is 10.7 Å². The molecule has 1 aromatic heterocycles. The molecular weight excluding hydrogens is 307 g/mol. The molecule has 2 aromatic rings. The molecule has 19 heavy (non-hydrogen) atoms. The zero-order chi connectivity index (χ0) is 14.0. The SMILES string of the molecule is Cc1cccc(NS(=O)(=O)c2ccc(Cl)c(Cl)c2)n1. The molecule has 0 saturated heterocycles. The number of aromatic nitrogens is 1. The molecule has 1 aromatic carbocycles. The highest BCUT2D eigenvalue weighted by molar-refractivity contribution is 7.92. The number of pyridine rings is 1. The van der Waals surface area contributed by atoms with Crippen LogP contribution in [-0.2, 0) is 10.0 Å². The van der Waals surface area contributed by atoms with Crippen molar-refractivity contribution in [1.29, 1.82) is 0 Å². The number of aryl methyl sites for hydroxylation is 1. The summed E-state index contributed by atoms with van der Waals surface area (Å²) in [5.41, 5.74) is 0.717. The summed E-state index contributed by atoms with van der Waals surface area (Å²) in [5, 5.41) is 0.482. The topological polar surface area (TPSA) is 59.1 Å². The maximum Gasteiger partial charge on any atom is 0.263 e. The summed E-state index contributed by atoms with van der Waals surface area (Å²) in [6, 6.07) is 9.17. The van der Waals surface area contributed by atoms with Gasteiger partial charge in [-0.15, -0.1) is 0 Å². The molecule has 7 heteroatoms. The second-order valence-electron chi connectivity index (χ2n) is 3.85. The molecule has 0 aliphatic carbocycles. The fraction of sp³-hybridized carbons (Fsp3) is 0.0833. The molecule has 0 atom stereocenters. The molecule has 1 N–H and O–H groups in total. The summed E-state index contributed by atoms with van der Waals surface area (Å²) in [6.45, 7) is 1.77. The van der Waals surface area contributed by atoms with E-state index in [9.17, 15) is 8.42 Å². The van der Waals surface area contributed by atoms with Crippen LogP contribution in [0.15, 0.2) is 41.3 Å². The highest BCUT2D eigenvalue weighted by Gasteiger charge is 2.16. The molecule has 1 heterocycles. The van der Waals surface area contributed by atoms with Crippen LogP contribution in [0.5, 0.6) is 0 Å². The molecule has 100 valence electrons. The minimum atomic E-state index is -3.72. The van der Waals surface area contributed by atoms with Gasteiger partial charge in [-0.3, -0.25) is 4.72 Å². The Morgan fingerprint density at radius 1 is 1.11 bits per heavy atom. The number of benzene rings is 1. The maximum atomic E-state index is 12.1. The van der Waals surface area contributed by atoms with Crippen molar-refractivity contribution in [2.75, 3.05) is 4.72 Å². The second-order valence-corrected chi connectivity index (χ2v) is 6.34. The van der Waals surface area contributed by atoms with Gasteiger partial charge in [0.25, 0.3) is 10.0 Å². The Hall–Kier alpha value is -1.30. The lowest BCUT2D eigenvalue weighted by atomic mass is 10.4. The maximum absolute atomic E-state index is 12.1. The quantitative estimate of drug-likeness (QED) is 0.942. The van der Waals surface area contributed by atoms with Crippen molar-refractivity contribution >= 4 is 39.0 Å². The molecule has 0 spiro atoms. The monoisotopic (exact) mass is 316 g/mol. The van der Waals surface area contributed by atoms with Gasteiger partial charge in [0.15, 0.2) is 0 Å². The fourth-order valence-electron chi connectivity index (χ4n) is 1.44. The van der Waals surface area contributed by atoms with Crippen molar-refractivity contribution in [3.8, 4) is 0 Å². The Labute approximate surface area is 121 Å². The third-order valence-corrected chi connectivity index (χ3v) is 4.42. The highest BCUT2D eigenvalue weighted by Crippen LogP contribution is 2.25. The molecule has 0 amide bonds. The van der Waals surface area contributed by atoms with Gasteiger partial charge in [-0.25, -0.2) is 13.4 Å². The Balaban J connectivity index is 2.35. The normalized spacial score (nSPS) is 11.3. The first-order valence-electron chi connectivity index (χ1n) is 5.30. The van der Waals surface area contributed by atoms with Crippen LogP contribution < -0.4 is 4.72 Å². The number of hydrogen-bond acceptors (Lipinski definition) is 3. The van der Waals surface area contributed by atoms with Crippen molar-refractivity contribution in [1.82, 2.24) is 4.98 Å². The van der Waals surface area contributed by atoms with Crippen molar-refractivity contribution in [2.24, 2.45) is 0 Å². The molecular formula is C12H10Cl2N2O2S. The third kappa shape index (κ3) is 3.37. The minimum Gasteiger partial charge on any atom is -0.263 e. The number of halogens is 2. The van der Waals surface area contributed by atoms with E-state index >= 15 is 0 Å². The predicted molar refractivity (Wildman–Crippen MR) is 76.2 cm³/mol. The number of sulfonamides is 1. The van der Waals surface area contributed by atoms with Crippen molar-refractivity contribution in [2.45, 2.75) is 11.8 Å². The summed E-state index contributed by atoms with van der Waals surface area (Å²) in [7, 11) is -3.72. The van der Waals surface area contributed by atoms with Gasteiger partial charge in [0.05, 0.1) is 14.9 Å².